The van der Waals surface area contributed by atoms with Gasteiger partial charge in [-0.1, -0.05) is 32.9 Å². The van der Waals surface area contributed by atoms with Gasteiger partial charge < -0.3 is 5.32 Å². The van der Waals surface area contributed by atoms with E-state index < -0.39 is 0 Å². The Labute approximate surface area is 130 Å². The van der Waals surface area contributed by atoms with E-state index in [0.717, 1.165) is 21.9 Å². The normalized spacial score (nSPS) is 12.4. The molecular formula is C17H22N2OS. The van der Waals surface area contributed by atoms with E-state index in [4.69, 9.17) is 0 Å². The van der Waals surface area contributed by atoms with E-state index in [0.29, 0.717) is 11.5 Å². The van der Waals surface area contributed by atoms with Gasteiger partial charge in [0.2, 0.25) is 0 Å². The van der Waals surface area contributed by atoms with Gasteiger partial charge >= 0.3 is 0 Å². The molecule has 1 aromatic carbocycles. The summed E-state index contributed by atoms with van der Waals surface area (Å²) >= 11 is 1.71. The highest BCUT2D eigenvalue weighted by Crippen LogP contribution is 2.29. The summed E-state index contributed by atoms with van der Waals surface area (Å²) in [7, 11) is 0. The summed E-state index contributed by atoms with van der Waals surface area (Å²) in [5, 5.41) is 4.12. The van der Waals surface area contributed by atoms with Crippen LogP contribution in [0.1, 0.15) is 55.4 Å². The standard InChI is InChI=1S/C17H22N2OS/c1-5-12(4)19-16(20)14-8-6-13(7-9-14)15-10-18-17(21-15)11(2)3/h6-12H,5H2,1-4H3,(H,19,20). The number of benzene rings is 1. The molecule has 1 heterocycles. The number of aromatic nitrogens is 1. The van der Waals surface area contributed by atoms with Crippen LogP contribution in [-0.4, -0.2) is 16.9 Å². The fraction of sp³-hybridized carbons (Fsp3) is 0.412. The maximum absolute atomic E-state index is 12.0. The number of thiazole rings is 1. The number of hydrogen-bond donors (Lipinski definition) is 1. The van der Waals surface area contributed by atoms with Gasteiger partial charge in [-0.25, -0.2) is 4.98 Å². The average Bonchev–Trinajstić information content (AvgIpc) is 2.97. The number of amides is 1. The van der Waals surface area contributed by atoms with E-state index in [1.54, 1.807) is 11.3 Å². The quantitative estimate of drug-likeness (QED) is 0.886. The van der Waals surface area contributed by atoms with Crippen molar-refractivity contribution < 1.29 is 4.79 Å². The molecule has 21 heavy (non-hydrogen) atoms. The van der Waals surface area contributed by atoms with Crippen LogP contribution in [0.25, 0.3) is 10.4 Å². The molecule has 0 radical (unpaired) electrons. The van der Waals surface area contributed by atoms with Crippen LogP contribution in [-0.2, 0) is 0 Å². The van der Waals surface area contributed by atoms with Crippen LogP contribution in [0.2, 0.25) is 0 Å². The lowest BCUT2D eigenvalue weighted by Gasteiger charge is -2.11. The zero-order chi connectivity index (χ0) is 15.4. The van der Waals surface area contributed by atoms with Gasteiger partial charge in [-0.05, 0) is 31.0 Å². The first-order valence-electron chi connectivity index (χ1n) is 7.38. The Kier molecular flexibility index (Phi) is 5.12. The molecule has 1 atom stereocenters. The second kappa shape index (κ2) is 6.85. The molecule has 2 rings (SSSR count). The van der Waals surface area contributed by atoms with E-state index in [2.05, 4.69) is 31.1 Å². The van der Waals surface area contributed by atoms with Crippen molar-refractivity contribution in [1.82, 2.24) is 10.3 Å². The van der Waals surface area contributed by atoms with Crippen LogP contribution in [0.15, 0.2) is 30.5 Å². The lowest BCUT2D eigenvalue weighted by molar-refractivity contribution is 0.0939. The number of nitrogens with zero attached hydrogens (tertiary/aromatic N) is 1. The maximum atomic E-state index is 12.0. The first-order valence-corrected chi connectivity index (χ1v) is 8.20. The maximum Gasteiger partial charge on any atom is 0.251 e. The monoisotopic (exact) mass is 302 g/mol. The zero-order valence-corrected chi connectivity index (χ0v) is 13.8. The molecule has 112 valence electrons. The average molecular weight is 302 g/mol. The highest BCUT2D eigenvalue weighted by molar-refractivity contribution is 7.15. The number of carbonyl (C=O) groups excluding carboxylic acids is 1. The lowest BCUT2D eigenvalue weighted by atomic mass is 10.1. The van der Waals surface area contributed by atoms with Crippen molar-refractivity contribution >= 4 is 17.2 Å². The summed E-state index contributed by atoms with van der Waals surface area (Å²) in [6.07, 6.45) is 2.84. The Morgan fingerprint density at radius 3 is 2.43 bits per heavy atom. The fourth-order valence-electron chi connectivity index (χ4n) is 1.88. The molecule has 2 aromatic rings. The molecule has 1 aromatic heterocycles. The third kappa shape index (κ3) is 3.91. The Morgan fingerprint density at radius 2 is 1.90 bits per heavy atom. The van der Waals surface area contributed by atoms with Crippen LogP contribution >= 0.6 is 11.3 Å². The summed E-state index contributed by atoms with van der Waals surface area (Å²) in [5.74, 6) is 0.437. The molecule has 0 aliphatic carbocycles. The molecule has 0 fully saturated rings. The van der Waals surface area contributed by atoms with Crippen molar-refractivity contribution in [1.29, 1.82) is 0 Å². The molecular weight excluding hydrogens is 280 g/mol. The van der Waals surface area contributed by atoms with E-state index in [-0.39, 0.29) is 11.9 Å². The molecule has 4 heteroatoms. The Bertz CT molecular complexity index is 602. The summed E-state index contributed by atoms with van der Waals surface area (Å²) in [5.41, 5.74) is 1.81. The molecule has 0 spiro atoms. The van der Waals surface area contributed by atoms with Crippen molar-refractivity contribution in [2.75, 3.05) is 0 Å². The fourth-order valence-corrected chi connectivity index (χ4v) is 2.81. The molecule has 3 nitrogen and oxygen atoms in total. The van der Waals surface area contributed by atoms with E-state index >= 15 is 0 Å². The molecule has 1 amide bonds. The Morgan fingerprint density at radius 1 is 1.24 bits per heavy atom. The minimum Gasteiger partial charge on any atom is -0.350 e. The molecule has 1 N–H and O–H groups in total. The van der Waals surface area contributed by atoms with Gasteiger partial charge in [0.25, 0.3) is 5.91 Å². The van der Waals surface area contributed by atoms with Crippen molar-refractivity contribution in [2.45, 2.75) is 46.1 Å². The summed E-state index contributed by atoms with van der Waals surface area (Å²) in [4.78, 5) is 17.6. The summed E-state index contributed by atoms with van der Waals surface area (Å²) in [6.45, 7) is 8.36. The predicted octanol–water partition coefficient (Wildman–Crippen LogP) is 4.46. The van der Waals surface area contributed by atoms with Crippen molar-refractivity contribution in [2.24, 2.45) is 0 Å². The smallest absolute Gasteiger partial charge is 0.251 e. The van der Waals surface area contributed by atoms with Crippen LogP contribution in [0.3, 0.4) is 0 Å². The SMILES string of the molecule is CCC(C)NC(=O)c1ccc(-c2cnc(C(C)C)s2)cc1. The van der Waals surface area contributed by atoms with Crippen molar-refractivity contribution in [3.8, 4) is 10.4 Å². The zero-order valence-electron chi connectivity index (χ0n) is 13.0. The second-order valence-electron chi connectivity index (χ2n) is 5.58. The summed E-state index contributed by atoms with van der Waals surface area (Å²) in [6, 6.07) is 7.93. The predicted molar refractivity (Wildman–Crippen MR) is 88.9 cm³/mol. The van der Waals surface area contributed by atoms with E-state index in [1.807, 2.05) is 37.4 Å². The largest absolute Gasteiger partial charge is 0.350 e. The number of hydrogen-bond acceptors (Lipinski definition) is 3. The van der Waals surface area contributed by atoms with Crippen molar-refractivity contribution in [3.63, 3.8) is 0 Å². The highest BCUT2D eigenvalue weighted by Gasteiger charge is 2.10. The van der Waals surface area contributed by atoms with E-state index in [1.165, 1.54) is 0 Å². The van der Waals surface area contributed by atoms with Crippen LogP contribution < -0.4 is 5.32 Å². The van der Waals surface area contributed by atoms with Gasteiger partial charge in [0.15, 0.2) is 0 Å². The van der Waals surface area contributed by atoms with Gasteiger partial charge in [0.05, 0.1) is 9.88 Å². The van der Waals surface area contributed by atoms with Gasteiger partial charge in [0.1, 0.15) is 0 Å². The Hall–Kier alpha value is -1.68. The van der Waals surface area contributed by atoms with Crippen LogP contribution in [0, 0.1) is 0 Å². The van der Waals surface area contributed by atoms with Gasteiger partial charge in [0, 0.05) is 23.7 Å². The van der Waals surface area contributed by atoms with E-state index in [9.17, 15) is 4.79 Å². The summed E-state index contributed by atoms with van der Waals surface area (Å²) < 4.78 is 0. The van der Waals surface area contributed by atoms with Crippen molar-refractivity contribution in [3.05, 3.63) is 41.0 Å². The molecule has 0 bridgehead atoms. The lowest BCUT2D eigenvalue weighted by Crippen LogP contribution is -2.31. The topological polar surface area (TPSA) is 42.0 Å². The third-order valence-corrected chi connectivity index (χ3v) is 4.79. The van der Waals surface area contributed by atoms with Crippen LogP contribution in [0.5, 0.6) is 0 Å². The number of rotatable bonds is 5. The first kappa shape index (κ1) is 15.7. The third-order valence-electron chi connectivity index (χ3n) is 3.44. The number of nitrogens with one attached hydrogen (secondary N) is 1. The van der Waals surface area contributed by atoms with Gasteiger partial charge in [-0.2, -0.15) is 0 Å². The van der Waals surface area contributed by atoms with Crippen LogP contribution in [0.4, 0.5) is 0 Å². The first-order chi connectivity index (χ1) is 10.0. The number of carbonyl (C=O) groups is 1. The second-order valence-corrected chi connectivity index (χ2v) is 6.64. The molecule has 0 saturated heterocycles. The van der Waals surface area contributed by atoms with Gasteiger partial charge in [-0.3, -0.25) is 4.79 Å². The minimum atomic E-state index is -0.0110. The minimum absolute atomic E-state index is 0.0110. The highest BCUT2D eigenvalue weighted by atomic mass is 32.1. The van der Waals surface area contributed by atoms with Gasteiger partial charge in [-0.15, -0.1) is 11.3 Å². The molecule has 0 aliphatic rings. The molecule has 0 aliphatic heterocycles. The Balaban J connectivity index is 2.12. The molecule has 1 unspecified atom stereocenters. The molecule has 0 saturated carbocycles.